The van der Waals surface area contributed by atoms with Gasteiger partial charge in [-0.15, -0.1) is 5.73 Å². The molecule has 2 rings (SSSR count). The molecular formula is C19H22O3. The summed E-state index contributed by atoms with van der Waals surface area (Å²) in [5.74, 6) is 0.217. The lowest BCUT2D eigenvalue weighted by molar-refractivity contribution is 0.183. The zero-order chi connectivity index (χ0) is 16.1. The predicted octanol–water partition coefficient (Wildman–Crippen LogP) is 3.84. The van der Waals surface area contributed by atoms with Gasteiger partial charge in [-0.1, -0.05) is 30.3 Å². The summed E-state index contributed by atoms with van der Waals surface area (Å²) in [6.07, 6.45) is 1.77. The van der Waals surface area contributed by atoms with E-state index in [2.05, 4.69) is 5.73 Å². The van der Waals surface area contributed by atoms with Crippen LogP contribution in [0.1, 0.15) is 38.4 Å². The molecule has 0 aliphatic carbocycles. The molecular weight excluding hydrogens is 276 g/mol. The molecule has 2 atom stereocenters. The van der Waals surface area contributed by atoms with Crippen molar-refractivity contribution in [2.24, 2.45) is 0 Å². The van der Waals surface area contributed by atoms with Crippen LogP contribution in [-0.2, 0) is 0 Å². The SMILES string of the molecule is CC(=C=CC[C@@H](O)c1ccc(O)c2ccccc12)C[C@H](C)O. The lowest BCUT2D eigenvalue weighted by Crippen LogP contribution is -1.99. The molecule has 22 heavy (non-hydrogen) atoms. The van der Waals surface area contributed by atoms with Crippen LogP contribution in [0.4, 0.5) is 0 Å². The molecule has 2 aromatic carbocycles. The van der Waals surface area contributed by atoms with Gasteiger partial charge < -0.3 is 15.3 Å². The maximum absolute atomic E-state index is 10.4. The molecule has 0 aliphatic heterocycles. The number of hydrogen-bond donors (Lipinski definition) is 3. The van der Waals surface area contributed by atoms with E-state index in [0.717, 1.165) is 21.9 Å². The van der Waals surface area contributed by atoms with Gasteiger partial charge in [0.15, 0.2) is 0 Å². The lowest BCUT2D eigenvalue weighted by Gasteiger charge is -2.12. The second-order valence-electron chi connectivity index (χ2n) is 5.65. The summed E-state index contributed by atoms with van der Waals surface area (Å²) in [5.41, 5.74) is 4.84. The van der Waals surface area contributed by atoms with E-state index in [1.54, 1.807) is 25.1 Å². The van der Waals surface area contributed by atoms with Gasteiger partial charge in [-0.25, -0.2) is 0 Å². The Balaban J connectivity index is 2.22. The average molecular weight is 298 g/mol. The highest BCUT2D eigenvalue weighted by atomic mass is 16.3. The van der Waals surface area contributed by atoms with Crippen molar-refractivity contribution in [1.82, 2.24) is 0 Å². The summed E-state index contributed by atoms with van der Waals surface area (Å²) in [6, 6.07) is 10.8. The minimum Gasteiger partial charge on any atom is -0.507 e. The molecule has 0 unspecified atom stereocenters. The van der Waals surface area contributed by atoms with Crippen LogP contribution in [0, 0.1) is 0 Å². The molecule has 0 heterocycles. The average Bonchev–Trinajstić information content (AvgIpc) is 2.47. The van der Waals surface area contributed by atoms with Crippen LogP contribution < -0.4 is 0 Å². The summed E-state index contributed by atoms with van der Waals surface area (Å²) in [7, 11) is 0. The number of phenols is 1. The van der Waals surface area contributed by atoms with Crippen LogP contribution in [0.25, 0.3) is 10.8 Å². The van der Waals surface area contributed by atoms with Crippen LogP contribution in [-0.4, -0.2) is 21.4 Å². The van der Waals surface area contributed by atoms with Gasteiger partial charge in [0, 0.05) is 18.2 Å². The number of aromatic hydroxyl groups is 1. The molecule has 2 aromatic rings. The summed E-state index contributed by atoms with van der Waals surface area (Å²) < 4.78 is 0. The van der Waals surface area contributed by atoms with Crippen LogP contribution >= 0.6 is 0 Å². The zero-order valence-electron chi connectivity index (χ0n) is 13.0. The highest BCUT2D eigenvalue weighted by molar-refractivity contribution is 5.91. The molecule has 0 spiro atoms. The summed E-state index contributed by atoms with van der Waals surface area (Å²) in [6.45, 7) is 3.65. The van der Waals surface area contributed by atoms with Crippen molar-refractivity contribution in [1.29, 1.82) is 0 Å². The monoisotopic (exact) mass is 298 g/mol. The summed E-state index contributed by atoms with van der Waals surface area (Å²) in [4.78, 5) is 0. The zero-order valence-corrected chi connectivity index (χ0v) is 13.0. The van der Waals surface area contributed by atoms with E-state index in [9.17, 15) is 15.3 Å². The van der Waals surface area contributed by atoms with E-state index in [1.165, 1.54) is 0 Å². The molecule has 0 radical (unpaired) electrons. The molecule has 0 aromatic heterocycles. The van der Waals surface area contributed by atoms with Gasteiger partial charge in [-0.05, 0) is 42.5 Å². The van der Waals surface area contributed by atoms with E-state index < -0.39 is 6.10 Å². The largest absolute Gasteiger partial charge is 0.507 e. The van der Waals surface area contributed by atoms with E-state index >= 15 is 0 Å². The van der Waals surface area contributed by atoms with Crippen molar-refractivity contribution in [2.75, 3.05) is 0 Å². The first-order valence-corrected chi connectivity index (χ1v) is 7.46. The minimum absolute atomic E-state index is 0.217. The molecule has 0 bridgehead atoms. The van der Waals surface area contributed by atoms with Crippen LogP contribution in [0.2, 0.25) is 0 Å². The molecule has 116 valence electrons. The van der Waals surface area contributed by atoms with Crippen molar-refractivity contribution in [3.63, 3.8) is 0 Å². The quantitative estimate of drug-likeness (QED) is 0.735. The molecule has 0 saturated carbocycles. The van der Waals surface area contributed by atoms with Crippen LogP contribution in [0.3, 0.4) is 0 Å². The third kappa shape index (κ3) is 3.99. The highest BCUT2D eigenvalue weighted by Crippen LogP contribution is 2.31. The van der Waals surface area contributed by atoms with Gasteiger partial charge in [0.05, 0.1) is 12.2 Å². The number of aliphatic hydroxyl groups is 2. The van der Waals surface area contributed by atoms with E-state index in [4.69, 9.17) is 0 Å². The third-order valence-corrected chi connectivity index (χ3v) is 3.58. The second-order valence-corrected chi connectivity index (χ2v) is 5.65. The van der Waals surface area contributed by atoms with E-state index in [-0.39, 0.29) is 11.9 Å². The number of fused-ring (bicyclic) bond motifs is 1. The molecule has 0 amide bonds. The van der Waals surface area contributed by atoms with Crippen molar-refractivity contribution in [3.05, 3.63) is 59.3 Å². The first-order valence-electron chi connectivity index (χ1n) is 7.46. The molecule has 0 saturated heterocycles. The Morgan fingerprint density at radius 2 is 1.82 bits per heavy atom. The van der Waals surface area contributed by atoms with Gasteiger partial charge in [-0.3, -0.25) is 0 Å². The summed E-state index contributed by atoms with van der Waals surface area (Å²) >= 11 is 0. The number of aliphatic hydroxyl groups excluding tert-OH is 2. The maximum Gasteiger partial charge on any atom is 0.123 e. The Bertz CT molecular complexity index is 710. The Kier molecular flexibility index (Phi) is 5.40. The number of hydrogen-bond acceptors (Lipinski definition) is 3. The van der Waals surface area contributed by atoms with Gasteiger partial charge in [0.1, 0.15) is 5.75 Å². The minimum atomic E-state index is -0.655. The van der Waals surface area contributed by atoms with Crippen molar-refractivity contribution < 1.29 is 15.3 Å². The first-order chi connectivity index (χ1) is 10.5. The number of benzene rings is 2. The van der Waals surface area contributed by atoms with Crippen molar-refractivity contribution in [3.8, 4) is 5.75 Å². The molecule has 3 N–H and O–H groups in total. The lowest BCUT2D eigenvalue weighted by atomic mass is 9.98. The fraction of sp³-hybridized carbons (Fsp3) is 0.316. The van der Waals surface area contributed by atoms with Gasteiger partial charge in [0.2, 0.25) is 0 Å². The van der Waals surface area contributed by atoms with Crippen LogP contribution in [0.15, 0.2) is 53.8 Å². The fourth-order valence-corrected chi connectivity index (χ4v) is 2.57. The predicted molar refractivity (Wildman–Crippen MR) is 88.8 cm³/mol. The maximum atomic E-state index is 10.4. The van der Waals surface area contributed by atoms with Gasteiger partial charge >= 0.3 is 0 Å². The molecule has 0 aliphatic rings. The normalized spacial score (nSPS) is 13.5. The Morgan fingerprint density at radius 3 is 2.50 bits per heavy atom. The van der Waals surface area contributed by atoms with E-state index in [1.807, 2.05) is 31.2 Å². The van der Waals surface area contributed by atoms with E-state index in [0.29, 0.717) is 12.8 Å². The fourth-order valence-electron chi connectivity index (χ4n) is 2.57. The smallest absolute Gasteiger partial charge is 0.123 e. The molecule has 3 nitrogen and oxygen atoms in total. The Labute approximate surface area is 130 Å². The molecule has 3 heteroatoms. The van der Waals surface area contributed by atoms with Crippen LogP contribution in [0.5, 0.6) is 5.75 Å². The second kappa shape index (κ2) is 7.28. The Hall–Kier alpha value is -2.06. The van der Waals surface area contributed by atoms with Gasteiger partial charge in [-0.2, -0.15) is 0 Å². The first kappa shape index (κ1) is 16.3. The topological polar surface area (TPSA) is 60.7 Å². The van der Waals surface area contributed by atoms with Crippen molar-refractivity contribution in [2.45, 2.75) is 38.9 Å². The molecule has 0 fully saturated rings. The summed E-state index contributed by atoms with van der Waals surface area (Å²) in [5, 5.41) is 31.2. The number of rotatable bonds is 5. The van der Waals surface area contributed by atoms with Crippen molar-refractivity contribution >= 4 is 10.8 Å². The highest BCUT2D eigenvalue weighted by Gasteiger charge is 2.11. The Morgan fingerprint density at radius 1 is 1.14 bits per heavy atom. The standard InChI is InChI=1S/C19H22O3/c1-13(12-14(2)20)6-5-9-18(21)17-10-11-19(22)16-8-4-3-7-15(16)17/h3-5,7-8,10-11,14,18,20-22H,9,12H2,1-2H3/t6?,14-,18+/m0/s1. The van der Waals surface area contributed by atoms with Gasteiger partial charge in [0.25, 0.3) is 0 Å². The number of phenolic OH excluding ortho intramolecular Hbond substituents is 1. The third-order valence-electron chi connectivity index (χ3n) is 3.58.